The van der Waals surface area contributed by atoms with Crippen LogP contribution < -0.4 is 11.1 Å². The fraction of sp³-hybridized carbons (Fsp3) is 0.300. The summed E-state index contributed by atoms with van der Waals surface area (Å²) >= 11 is 0. The fourth-order valence-electron chi connectivity index (χ4n) is 1.05. The summed E-state index contributed by atoms with van der Waals surface area (Å²) in [4.78, 5) is 25.6. The Kier molecular flexibility index (Phi) is 4.41. The molecule has 0 saturated heterocycles. The van der Waals surface area contributed by atoms with Crippen molar-refractivity contribution in [2.24, 2.45) is 5.73 Å². The molecule has 0 aliphatic heterocycles. The van der Waals surface area contributed by atoms with E-state index in [4.69, 9.17) is 10.8 Å². The first-order valence-electron chi connectivity index (χ1n) is 4.79. The number of rotatable bonds is 5. The number of anilines is 1. The maximum Gasteiger partial charge on any atom is 0.320 e. The summed E-state index contributed by atoms with van der Waals surface area (Å²) in [5.41, 5.74) is 5.26. The molecule has 1 heterocycles. The molecular weight excluding hydrogens is 210 g/mol. The maximum absolute atomic E-state index is 11.3. The highest BCUT2D eigenvalue weighted by molar-refractivity contribution is 5.90. The number of nitrogens with two attached hydrogens (primary N) is 1. The molecule has 1 amide bonds. The van der Waals surface area contributed by atoms with Crippen LogP contribution in [0.3, 0.4) is 0 Å². The van der Waals surface area contributed by atoms with Crippen molar-refractivity contribution >= 4 is 17.7 Å². The van der Waals surface area contributed by atoms with E-state index in [9.17, 15) is 9.59 Å². The number of hydrogen-bond donors (Lipinski definition) is 3. The molecule has 0 fully saturated rings. The van der Waals surface area contributed by atoms with Crippen LogP contribution in [0.15, 0.2) is 24.4 Å². The van der Waals surface area contributed by atoms with Crippen LogP contribution in [0.1, 0.15) is 12.8 Å². The van der Waals surface area contributed by atoms with Gasteiger partial charge in [-0.2, -0.15) is 0 Å². The van der Waals surface area contributed by atoms with E-state index in [0.29, 0.717) is 5.82 Å². The number of pyridine rings is 1. The number of aliphatic carboxylic acids is 1. The van der Waals surface area contributed by atoms with Crippen LogP contribution in [0.4, 0.5) is 5.82 Å². The Morgan fingerprint density at radius 1 is 1.50 bits per heavy atom. The third-order valence-corrected chi connectivity index (χ3v) is 1.93. The maximum atomic E-state index is 11.3. The van der Waals surface area contributed by atoms with Gasteiger partial charge >= 0.3 is 5.97 Å². The lowest BCUT2D eigenvalue weighted by atomic mass is 10.1. The molecule has 1 aromatic heterocycles. The Bertz CT molecular complexity index is 367. The monoisotopic (exact) mass is 223 g/mol. The Morgan fingerprint density at radius 2 is 2.25 bits per heavy atom. The molecule has 0 spiro atoms. The number of amides is 1. The Morgan fingerprint density at radius 3 is 2.81 bits per heavy atom. The zero-order valence-electron chi connectivity index (χ0n) is 8.59. The van der Waals surface area contributed by atoms with E-state index in [-0.39, 0.29) is 18.7 Å². The van der Waals surface area contributed by atoms with Gasteiger partial charge in [-0.1, -0.05) is 6.07 Å². The minimum absolute atomic E-state index is 0.0596. The number of nitrogens with zero attached hydrogens (tertiary/aromatic N) is 1. The molecule has 86 valence electrons. The van der Waals surface area contributed by atoms with Crippen molar-refractivity contribution in [3.8, 4) is 0 Å². The molecule has 0 radical (unpaired) electrons. The van der Waals surface area contributed by atoms with E-state index in [0.717, 1.165) is 0 Å². The second-order valence-electron chi connectivity index (χ2n) is 3.25. The van der Waals surface area contributed by atoms with Gasteiger partial charge in [0.25, 0.3) is 0 Å². The van der Waals surface area contributed by atoms with Crippen molar-refractivity contribution in [2.75, 3.05) is 5.32 Å². The van der Waals surface area contributed by atoms with Crippen molar-refractivity contribution in [3.05, 3.63) is 24.4 Å². The summed E-state index contributed by atoms with van der Waals surface area (Å²) in [5.74, 6) is -0.961. The van der Waals surface area contributed by atoms with E-state index >= 15 is 0 Å². The van der Waals surface area contributed by atoms with E-state index in [1.165, 1.54) is 0 Å². The molecule has 0 unspecified atom stereocenters. The van der Waals surface area contributed by atoms with Crippen LogP contribution in [0.25, 0.3) is 0 Å². The SMILES string of the molecule is N[C@@H](CCC(=O)Nc1ccccn1)C(=O)O. The first kappa shape index (κ1) is 12.1. The second kappa shape index (κ2) is 5.82. The molecule has 6 nitrogen and oxygen atoms in total. The number of carbonyl (C=O) groups is 2. The highest BCUT2D eigenvalue weighted by Gasteiger charge is 2.13. The van der Waals surface area contributed by atoms with Crippen molar-refractivity contribution in [1.29, 1.82) is 0 Å². The molecule has 0 aliphatic rings. The summed E-state index contributed by atoms with van der Waals surface area (Å²) < 4.78 is 0. The van der Waals surface area contributed by atoms with Crippen molar-refractivity contribution < 1.29 is 14.7 Å². The van der Waals surface area contributed by atoms with Gasteiger partial charge in [-0.05, 0) is 18.6 Å². The summed E-state index contributed by atoms with van der Waals surface area (Å²) in [6.07, 6.45) is 1.72. The summed E-state index contributed by atoms with van der Waals surface area (Å²) in [7, 11) is 0. The first-order valence-corrected chi connectivity index (χ1v) is 4.79. The van der Waals surface area contributed by atoms with Crippen LogP contribution in [0.5, 0.6) is 0 Å². The minimum atomic E-state index is -1.11. The molecule has 1 atom stereocenters. The van der Waals surface area contributed by atoms with E-state index in [1.807, 2.05) is 0 Å². The van der Waals surface area contributed by atoms with E-state index in [1.54, 1.807) is 24.4 Å². The lowest BCUT2D eigenvalue weighted by Gasteiger charge is -2.06. The summed E-state index contributed by atoms with van der Waals surface area (Å²) in [6.45, 7) is 0. The second-order valence-corrected chi connectivity index (χ2v) is 3.25. The average molecular weight is 223 g/mol. The molecule has 4 N–H and O–H groups in total. The van der Waals surface area contributed by atoms with Crippen LogP contribution in [0, 0.1) is 0 Å². The van der Waals surface area contributed by atoms with Gasteiger partial charge in [0.1, 0.15) is 11.9 Å². The summed E-state index contributed by atoms with van der Waals surface area (Å²) in [5, 5.41) is 11.1. The molecule has 0 saturated carbocycles. The number of carboxylic acid groups (broad SMARTS) is 1. The van der Waals surface area contributed by atoms with Crippen molar-refractivity contribution in [1.82, 2.24) is 4.98 Å². The van der Waals surface area contributed by atoms with Gasteiger partial charge < -0.3 is 16.2 Å². The third kappa shape index (κ3) is 4.05. The van der Waals surface area contributed by atoms with Crippen molar-refractivity contribution in [3.63, 3.8) is 0 Å². The number of carboxylic acids is 1. The van der Waals surface area contributed by atoms with Gasteiger partial charge in [-0.3, -0.25) is 9.59 Å². The van der Waals surface area contributed by atoms with Crippen LogP contribution in [-0.4, -0.2) is 28.0 Å². The predicted molar refractivity (Wildman–Crippen MR) is 57.7 cm³/mol. The van der Waals surface area contributed by atoms with Gasteiger partial charge in [0.15, 0.2) is 0 Å². The van der Waals surface area contributed by atoms with E-state index < -0.39 is 12.0 Å². The minimum Gasteiger partial charge on any atom is -0.480 e. The van der Waals surface area contributed by atoms with Gasteiger partial charge in [-0.25, -0.2) is 4.98 Å². The lowest BCUT2D eigenvalue weighted by Crippen LogP contribution is -2.31. The predicted octanol–water partition coefficient (Wildman–Crippen LogP) is 0.212. The molecule has 1 rings (SSSR count). The molecule has 0 bridgehead atoms. The van der Waals surface area contributed by atoms with E-state index in [2.05, 4.69) is 10.3 Å². The topological polar surface area (TPSA) is 105 Å². The zero-order valence-corrected chi connectivity index (χ0v) is 8.59. The molecule has 0 aliphatic carbocycles. The molecule has 0 aromatic carbocycles. The number of hydrogen-bond acceptors (Lipinski definition) is 4. The highest BCUT2D eigenvalue weighted by atomic mass is 16.4. The zero-order chi connectivity index (χ0) is 12.0. The third-order valence-electron chi connectivity index (χ3n) is 1.93. The largest absolute Gasteiger partial charge is 0.480 e. The highest BCUT2D eigenvalue weighted by Crippen LogP contribution is 2.02. The van der Waals surface area contributed by atoms with Crippen LogP contribution in [0.2, 0.25) is 0 Å². The van der Waals surface area contributed by atoms with Gasteiger partial charge in [-0.15, -0.1) is 0 Å². The molecule has 6 heteroatoms. The van der Waals surface area contributed by atoms with Gasteiger partial charge in [0, 0.05) is 12.6 Å². The normalized spacial score (nSPS) is 11.8. The van der Waals surface area contributed by atoms with Crippen molar-refractivity contribution in [2.45, 2.75) is 18.9 Å². The standard InChI is InChI=1S/C10H13N3O3/c11-7(10(15)16)4-5-9(14)13-8-3-1-2-6-12-8/h1-3,6-7H,4-5,11H2,(H,15,16)(H,12,13,14)/t7-/m0/s1. The Balaban J connectivity index is 2.35. The molecular formula is C10H13N3O3. The van der Waals surface area contributed by atoms with Gasteiger partial charge in [0.2, 0.25) is 5.91 Å². The molecule has 1 aromatic rings. The fourth-order valence-corrected chi connectivity index (χ4v) is 1.05. The summed E-state index contributed by atoms with van der Waals surface area (Å²) in [6, 6.07) is 4.12. The Hall–Kier alpha value is -1.95. The number of carbonyl (C=O) groups excluding carboxylic acids is 1. The van der Waals surface area contributed by atoms with Crippen LogP contribution in [-0.2, 0) is 9.59 Å². The number of nitrogens with one attached hydrogen (secondary N) is 1. The smallest absolute Gasteiger partial charge is 0.320 e. The number of aromatic nitrogens is 1. The Labute approximate surface area is 92.5 Å². The van der Waals surface area contributed by atoms with Crippen LogP contribution >= 0.6 is 0 Å². The quantitative estimate of drug-likeness (QED) is 0.661. The first-order chi connectivity index (χ1) is 7.59. The molecule has 16 heavy (non-hydrogen) atoms. The van der Waals surface area contributed by atoms with Gasteiger partial charge in [0.05, 0.1) is 0 Å². The lowest BCUT2D eigenvalue weighted by molar-refractivity contribution is -0.138. The average Bonchev–Trinajstić information content (AvgIpc) is 2.27.